The fraction of sp³-hybridized carbons (Fsp3) is 0.214. The number of hydrogen-bond donors (Lipinski definition) is 0. The predicted octanol–water partition coefficient (Wildman–Crippen LogP) is 2.96. The number of esters is 1. The Morgan fingerprint density at radius 1 is 1.31 bits per heavy atom. The number of benzene rings is 1. The van der Waals surface area contributed by atoms with Gasteiger partial charge in [0, 0.05) is 12.5 Å². The molecule has 1 atom stereocenters. The molecule has 2 rings (SSSR count). The van der Waals surface area contributed by atoms with E-state index >= 15 is 0 Å². The summed E-state index contributed by atoms with van der Waals surface area (Å²) >= 11 is 0. The molecule has 1 aliphatic heterocycles. The third kappa shape index (κ3) is 2.60. The first-order valence-corrected chi connectivity index (χ1v) is 5.32. The maximum absolute atomic E-state index is 11.1. The molecule has 1 unspecified atom stereocenters. The third-order valence-electron chi connectivity index (χ3n) is 2.54. The van der Waals surface area contributed by atoms with E-state index in [0.717, 1.165) is 12.0 Å². The summed E-state index contributed by atoms with van der Waals surface area (Å²) in [6.45, 7) is 1.91. The SMILES string of the molecule is CC1(/C=C/c2ccccc2)CC=CC(=O)O1. The first kappa shape index (κ1) is 10.7. The summed E-state index contributed by atoms with van der Waals surface area (Å²) in [6, 6.07) is 9.96. The molecule has 0 aliphatic carbocycles. The van der Waals surface area contributed by atoms with Crippen molar-refractivity contribution in [2.75, 3.05) is 0 Å². The Morgan fingerprint density at radius 2 is 2.06 bits per heavy atom. The highest BCUT2D eigenvalue weighted by molar-refractivity contribution is 5.83. The molecule has 2 nitrogen and oxygen atoms in total. The van der Waals surface area contributed by atoms with Crippen molar-refractivity contribution in [3.05, 3.63) is 54.1 Å². The normalized spacial score (nSPS) is 24.7. The van der Waals surface area contributed by atoms with Crippen LogP contribution in [0, 0.1) is 0 Å². The largest absolute Gasteiger partial charge is 0.452 e. The highest BCUT2D eigenvalue weighted by Gasteiger charge is 2.26. The molecule has 0 radical (unpaired) electrons. The molecule has 1 aromatic carbocycles. The molecule has 0 bridgehead atoms. The van der Waals surface area contributed by atoms with Gasteiger partial charge in [0.1, 0.15) is 5.60 Å². The maximum Gasteiger partial charge on any atom is 0.331 e. The molecule has 82 valence electrons. The van der Waals surface area contributed by atoms with Gasteiger partial charge in [0.15, 0.2) is 0 Å². The molecule has 1 heterocycles. The second-order valence-electron chi connectivity index (χ2n) is 4.08. The van der Waals surface area contributed by atoms with Crippen LogP contribution in [-0.4, -0.2) is 11.6 Å². The van der Waals surface area contributed by atoms with Crippen LogP contribution in [0.15, 0.2) is 48.6 Å². The van der Waals surface area contributed by atoms with Crippen LogP contribution in [-0.2, 0) is 9.53 Å². The number of cyclic esters (lactones) is 1. The summed E-state index contributed by atoms with van der Waals surface area (Å²) in [7, 11) is 0. The highest BCUT2D eigenvalue weighted by Crippen LogP contribution is 2.23. The van der Waals surface area contributed by atoms with Crippen molar-refractivity contribution < 1.29 is 9.53 Å². The van der Waals surface area contributed by atoms with E-state index in [-0.39, 0.29) is 5.97 Å². The van der Waals surface area contributed by atoms with Crippen LogP contribution >= 0.6 is 0 Å². The van der Waals surface area contributed by atoms with Crippen LogP contribution in [0.1, 0.15) is 18.9 Å². The van der Waals surface area contributed by atoms with E-state index in [1.165, 1.54) is 6.08 Å². The van der Waals surface area contributed by atoms with Gasteiger partial charge in [-0.3, -0.25) is 0 Å². The van der Waals surface area contributed by atoms with Crippen LogP contribution in [0.25, 0.3) is 6.08 Å². The summed E-state index contributed by atoms with van der Waals surface area (Å²) in [6.07, 6.45) is 7.96. The maximum atomic E-state index is 11.1. The van der Waals surface area contributed by atoms with E-state index in [2.05, 4.69) is 0 Å². The van der Waals surface area contributed by atoms with Crippen molar-refractivity contribution in [1.82, 2.24) is 0 Å². The van der Waals surface area contributed by atoms with Gasteiger partial charge < -0.3 is 4.74 Å². The van der Waals surface area contributed by atoms with E-state index < -0.39 is 5.60 Å². The van der Waals surface area contributed by atoms with Gasteiger partial charge in [0.2, 0.25) is 0 Å². The minimum Gasteiger partial charge on any atom is -0.452 e. The average Bonchev–Trinajstić information content (AvgIpc) is 2.28. The molecule has 2 heteroatoms. The van der Waals surface area contributed by atoms with Gasteiger partial charge in [-0.05, 0) is 18.6 Å². The minimum absolute atomic E-state index is 0.272. The Kier molecular flexibility index (Phi) is 2.91. The smallest absolute Gasteiger partial charge is 0.331 e. The van der Waals surface area contributed by atoms with E-state index in [0.29, 0.717) is 0 Å². The van der Waals surface area contributed by atoms with Crippen LogP contribution in [0.2, 0.25) is 0 Å². The van der Waals surface area contributed by atoms with Gasteiger partial charge in [-0.15, -0.1) is 0 Å². The topological polar surface area (TPSA) is 26.3 Å². The van der Waals surface area contributed by atoms with Crippen molar-refractivity contribution in [2.24, 2.45) is 0 Å². The predicted molar refractivity (Wildman–Crippen MR) is 63.7 cm³/mol. The van der Waals surface area contributed by atoms with Gasteiger partial charge in [-0.2, -0.15) is 0 Å². The van der Waals surface area contributed by atoms with E-state index in [9.17, 15) is 4.79 Å². The molecular formula is C14H14O2. The summed E-state index contributed by atoms with van der Waals surface area (Å²) in [5, 5.41) is 0. The summed E-state index contributed by atoms with van der Waals surface area (Å²) in [4.78, 5) is 11.1. The molecule has 0 aromatic heterocycles. The van der Waals surface area contributed by atoms with Crippen molar-refractivity contribution >= 4 is 12.0 Å². The Bertz CT molecular complexity index is 431. The number of hydrogen-bond acceptors (Lipinski definition) is 2. The van der Waals surface area contributed by atoms with E-state index in [4.69, 9.17) is 4.74 Å². The average molecular weight is 214 g/mol. The Balaban J connectivity index is 2.12. The molecule has 16 heavy (non-hydrogen) atoms. The lowest BCUT2D eigenvalue weighted by molar-refractivity contribution is -0.148. The molecule has 0 saturated heterocycles. The van der Waals surface area contributed by atoms with E-state index in [1.54, 1.807) is 0 Å². The minimum atomic E-state index is -0.512. The van der Waals surface area contributed by atoms with Crippen molar-refractivity contribution in [1.29, 1.82) is 0 Å². The van der Waals surface area contributed by atoms with Crippen LogP contribution < -0.4 is 0 Å². The van der Waals surface area contributed by atoms with Gasteiger partial charge in [0.25, 0.3) is 0 Å². The Labute approximate surface area is 95.2 Å². The number of rotatable bonds is 2. The van der Waals surface area contributed by atoms with Gasteiger partial charge in [-0.1, -0.05) is 42.5 Å². The molecule has 0 amide bonds. The molecule has 0 saturated carbocycles. The summed E-state index contributed by atoms with van der Waals surface area (Å²) < 4.78 is 5.28. The Hall–Kier alpha value is -1.83. The monoisotopic (exact) mass is 214 g/mol. The standard InChI is InChI=1S/C14H14O2/c1-14(10-5-8-13(15)16-14)11-9-12-6-3-2-4-7-12/h2-9,11H,10H2,1H3/b11-9+. The van der Waals surface area contributed by atoms with Crippen LogP contribution in [0.3, 0.4) is 0 Å². The highest BCUT2D eigenvalue weighted by atomic mass is 16.6. The lowest BCUT2D eigenvalue weighted by atomic mass is 9.98. The molecule has 0 N–H and O–H groups in total. The van der Waals surface area contributed by atoms with Crippen molar-refractivity contribution in [3.63, 3.8) is 0 Å². The van der Waals surface area contributed by atoms with Gasteiger partial charge in [0.05, 0.1) is 0 Å². The lowest BCUT2D eigenvalue weighted by Crippen LogP contribution is -2.30. The zero-order valence-corrected chi connectivity index (χ0v) is 9.22. The Morgan fingerprint density at radius 3 is 2.75 bits per heavy atom. The summed E-state index contributed by atoms with van der Waals surface area (Å²) in [5.41, 5.74) is 0.594. The van der Waals surface area contributed by atoms with Gasteiger partial charge in [-0.25, -0.2) is 4.79 Å². The van der Waals surface area contributed by atoms with Crippen molar-refractivity contribution in [2.45, 2.75) is 18.9 Å². The van der Waals surface area contributed by atoms with Gasteiger partial charge >= 0.3 is 5.97 Å². The van der Waals surface area contributed by atoms with Crippen LogP contribution in [0.4, 0.5) is 0 Å². The first-order chi connectivity index (χ1) is 7.68. The second kappa shape index (κ2) is 4.35. The zero-order chi connectivity index (χ0) is 11.4. The number of carbonyl (C=O) groups is 1. The third-order valence-corrected chi connectivity index (χ3v) is 2.54. The number of ether oxygens (including phenoxy) is 1. The lowest BCUT2D eigenvalue weighted by Gasteiger charge is -2.27. The molecule has 0 spiro atoms. The molecule has 1 aromatic rings. The molecular weight excluding hydrogens is 200 g/mol. The second-order valence-corrected chi connectivity index (χ2v) is 4.08. The quantitative estimate of drug-likeness (QED) is 0.707. The van der Waals surface area contributed by atoms with Crippen LogP contribution in [0.5, 0.6) is 0 Å². The molecule has 0 fully saturated rings. The first-order valence-electron chi connectivity index (χ1n) is 5.32. The molecule has 1 aliphatic rings. The summed E-state index contributed by atoms with van der Waals surface area (Å²) in [5.74, 6) is -0.272. The van der Waals surface area contributed by atoms with E-state index in [1.807, 2.05) is 55.5 Å². The zero-order valence-electron chi connectivity index (χ0n) is 9.22. The fourth-order valence-corrected chi connectivity index (χ4v) is 1.63. The number of carbonyl (C=O) groups excluding carboxylic acids is 1. The fourth-order valence-electron chi connectivity index (χ4n) is 1.63. The van der Waals surface area contributed by atoms with Crippen molar-refractivity contribution in [3.8, 4) is 0 Å².